The minimum absolute atomic E-state index is 0.419. The second kappa shape index (κ2) is 3.08. The summed E-state index contributed by atoms with van der Waals surface area (Å²) < 4.78 is 2.09. The number of aromatic nitrogens is 2. The van der Waals surface area contributed by atoms with E-state index >= 15 is 0 Å². The predicted molar refractivity (Wildman–Crippen MR) is 63.3 cm³/mol. The van der Waals surface area contributed by atoms with Gasteiger partial charge in [-0.2, -0.15) is 0 Å². The smallest absolute Gasteiger partial charge is 0.106 e. The molecule has 1 aromatic heterocycles. The molecule has 0 spiro atoms. The molecule has 1 aromatic carbocycles. The zero-order valence-electron chi connectivity index (χ0n) is 9.70. The van der Waals surface area contributed by atoms with Crippen molar-refractivity contribution < 1.29 is 5.11 Å². The third-order valence-corrected chi connectivity index (χ3v) is 3.53. The van der Waals surface area contributed by atoms with Crippen molar-refractivity contribution in [2.45, 2.75) is 31.8 Å². The molecule has 0 saturated heterocycles. The molecule has 0 bridgehead atoms. The van der Waals surface area contributed by atoms with Crippen LogP contribution in [0.15, 0.2) is 18.2 Å². The maximum absolute atomic E-state index is 9.89. The van der Waals surface area contributed by atoms with E-state index in [-0.39, 0.29) is 0 Å². The number of rotatable bonds is 2. The molecule has 0 atom stereocenters. The second-order valence-corrected chi connectivity index (χ2v) is 4.94. The summed E-state index contributed by atoms with van der Waals surface area (Å²) in [6, 6.07) is 6.29. The molecule has 0 radical (unpaired) electrons. The van der Waals surface area contributed by atoms with E-state index in [1.807, 2.05) is 14.0 Å². The molecule has 1 N–H and O–H groups in total. The minimum Gasteiger partial charge on any atom is -0.390 e. The van der Waals surface area contributed by atoms with Crippen LogP contribution in [0.1, 0.15) is 24.2 Å². The molecule has 1 heterocycles. The highest BCUT2D eigenvalue weighted by molar-refractivity contribution is 5.76. The van der Waals surface area contributed by atoms with Crippen LogP contribution in [0.3, 0.4) is 0 Å². The molecule has 3 heteroatoms. The van der Waals surface area contributed by atoms with Gasteiger partial charge < -0.3 is 9.67 Å². The largest absolute Gasteiger partial charge is 0.390 e. The van der Waals surface area contributed by atoms with Crippen molar-refractivity contribution in [1.29, 1.82) is 0 Å². The Kier molecular flexibility index (Phi) is 1.89. The highest BCUT2D eigenvalue weighted by Crippen LogP contribution is 2.38. The Hall–Kier alpha value is -1.35. The van der Waals surface area contributed by atoms with E-state index in [4.69, 9.17) is 0 Å². The average Bonchev–Trinajstić information content (AvgIpc) is 2.88. The van der Waals surface area contributed by atoms with Crippen molar-refractivity contribution >= 4 is 11.0 Å². The van der Waals surface area contributed by atoms with Gasteiger partial charge in [0.2, 0.25) is 0 Å². The van der Waals surface area contributed by atoms with Crippen LogP contribution in [0.4, 0.5) is 0 Å². The van der Waals surface area contributed by atoms with Gasteiger partial charge in [0.05, 0.1) is 16.6 Å². The monoisotopic (exact) mass is 216 g/mol. The van der Waals surface area contributed by atoms with Crippen LogP contribution in [0.2, 0.25) is 0 Å². The van der Waals surface area contributed by atoms with Crippen LogP contribution in [-0.4, -0.2) is 20.3 Å². The van der Waals surface area contributed by atoms with Crippen LogP contribution < -0.4 is 0 Å². The molecule has 1 fully saturated rings. The maximum atomic E-state index is 9.89. The Labute approximate surface area is 94.7 Å². The number of nitrogens with zero attached hydrogens (tertiary/aromatic N) is 2. The number of aliphatic hydroxyl groups is 1. The third-order valence-electron chi connectivity index (χ3n) is 3.53. The molecular weight excluding hydrogens is 200 g/mol. The average molecular weight is 216 g/mol. The van der Waals surface area contributed by atoms with E-state index < -0.39 is 5.60 Å². The van der Waals surface area contributed by atoms with E-state index in [1.54, 1.807) is 0 Å². The highest BCUT2D eigenvalue weighted by atomic mass is 16.3. The van der Waals surface area contributed by atoms with Gasteiger partial charge in [0.1, 0.15) is 5.82 Å². The standard InChI is InChI=1S/C13H16N2O/c1-9-14-11-7-10(8-13(16)5-6-13)3-4-12(11)15(9)2/h3-4,7,16H,5-6,8H2,1-2H3. The van der Waals surface area contributed by atoms with Crippen molar-refractivity contribution in [3.05, 3.63) is 29.6 Å². The summed E-state index contributed by atoms with van der Waals surface area (Å²) >= 11 is 0. The van der Waals surface area contributed by atoms with Crippen LogP contribution in [-0.2, 0) is 13.5 Å². The van der Waals surface area contributed by atoms with Gasteiger partial charge in [-0.15, -0.1) is 0 Å². The Bertz CT molecular complexity index is 552. The first-order valence-corrected chi connectivity index (χ1v) is 5.72. The number of benzene rings is 1. The molecule has 16 heavy (non-hydrogen) atoms. The first kappa shape index (κ1) is 9.85. The van der Waals surface area contributed by atoms with Crippen molar-refractivity contribution in [2.24, 2.45) is 7.05 Å². The zero-order chi connectivity index (χ0) is 11.3. The Morgan fingerprint density at radius 1 is 1.44 bits per heavy atom. The lowest BCUT2D eigenvalue weighted by atomic mass is 10.1. The molecule has 0 amide bonds. The highest BCUT2D eigenvalue weighted by Gasteiger charge is 2.40. The van der Waals surface area contributed by atoms with E-state index in [1.165, 1.54) is 5.56 Å². The fraction of sp³-hybridized carbons (Fsp3) is 0.462. The van der Waals surface area contributed by atoms with Crippen molar-refractivity contribution in [2.75, 3.05) is 0 Å². The molecule has 84 valence electrons. The molecule has 1 aliphatic rings. The molecule has 3 nitrogen and oxygen atoms in total. The van der Waals surface area contributed by atoms with Gasteiger partial charge >= 0.3 is 0 Å². The van der Waals surface area contributed by atoms with Crippen molar-refractivity contribution in [3.8, 4) is 0 Å². The normalized spacial score (nSPS) is 17.9. The van der Waals surface area contributed by atoms with Crippen LogP contribution in [0, 0.1) is 6.92 Å². The van der Waals surface area contributed by atoms with Crippen LogP contribution >= 0.6 is 0 Å². The first-order valence-electron chi connectivity index (χ1n) is 5.72. The number of hydrogen-bond acceptors (Lipinski definition) is 2. The molecule has 0 aliphatic heterocycles. The van der Waals surface area contributed by atoms with Gasteiger partial charge in [-0.3, -0.25) is 0 Å². The van der Waals surface area contributed by atoms with E-state index in [0.717, 1.165) is 36.1 Å². The first-order chi connectivity index (χ1) is 7.57. The summed E-state index contributed by atoms with van der Waals surface area (Å²) in [5, 5.41) is 9.89. The Morgan fingerprint density at radius 3 is 2.88 bits per heavy atom. The number of hydrogen-bond donors (Lipinski definition) is 1. The molecular formula is C13H16N2O. The van der Waals surface area contributed by atoms with Gasteiger partial charge in [-0.05, 0) is 37.5 Å². The maximum Gasteiger partial charge on any atom is 0.106 e. The Balaban J connectivity index is 2.02. The molecule has 0 unspecified atom stereocenters. The molecule has 1 aliphatic carbocycles. The summed E-state index contributed by atoms with van der Waals surface area (Å²) in [5.41, 5.74) is 2.95. The lowest BCUT2D eigenvalue weighted by Crippen LogP contribution is -2.10. The third kappa shape index (κ3) is 1.52. The lowest BCUT2D eigenvalue weighted by Gasteiger charge is -2.07. The summed E-state index contributed by atoms with van der Waals surface area (Å²) in [6.07, 6.45) is 2.64. The molecule has 2 aromatic rings. The predicted octanol–water partition coefficient (Wildman–Crippen LogP) is 1.95. The van der Waals surface area contributed by atoms with Crippen LogP contribution in [0.5, 0.6) is 0 Å². The number of aryl methyl sites for hydroxylation is 2. The zero-order valence-corrected chi connectivity index (χ0v) is 9.70. The van der Waals surface area contributed by atoms with Gasteiger partial charge in [-0.1, -0.05) is 6.07 Å². The van der Waals surface area contributed by atoms with Gasteiger partial charge in [0, 0.05) is 13.5 Å². The summed E-state index contributed by atoms with van der Waals surface area (Å²) in [5.74, 6) is 1.03. The number of imidazole rings is 1. The summed E-state index contributed by atoms with van der Waals surface area (Å²) in [7, 11) is 2.03. The Morgan fingerprint density at radius 2 is 2.19 bits per heavy atom. The fourth-order valence-electron chi connectivity index (χ4n) is 2.18. The van der Waals surface area contributed by atoms with Gasteiger partial charge in [-0.25, -0.2) is 4.98 Å². The van der Waals surface area contributed by atoms with Gasteiger partial charge in [0.15, 0.2) is 0 Å². The topological polar surface area (TPSA) is 38.1 Å². The van der Waals surface area contributed by atoms with Crippen molar-refractivity contribution in [3.63, 3.8) is 0 Å². The molecule has 3 rings (SSSR count). The fourth-order valence-corrected chi connectivity index (χ4v) is 2.18. The van der Waals surface area contributed by atoms with Crippen molar-refractivity contribution in [1.82, 2.24) is 9.55 Å². The quantitative estimate of drug-likeness (QED) is 0.833. The SMILES string of the molecule is Cc1nc2cc(CC3(O)CC3)ccc2n1C. The summed E-state index contributed by atoms with van der Waals surface area (Å²) in [6.45, 7) is 2.01. The second-order valence-electron chi connectivity index (χ2n) is 4.94. The lowest BCUT2D eigenvalue weighted by molar-refractivity contribution is 0.151. The van der Waals surface area contributed by atoms with Gasteiger partial charge in [0.25, 0.3) is 0 Å². The minimum atomic E-state index is -0.419. The van der Waals surface area contributed by atoms with E-state index in [9.17, 15) is 5.11 Å². The summed E-state index contributed by atoms with van der Waals surface area (Å²) in [4.78, 5) is 4.51. The van der Waals surface area contributed by atoms with Crippen LogP contribution in [0.25, 0.3) is 11.0 Å². The van der Waals surface area contributed by atoms with E-state index in [2.05, 4.69) is 27.8 Å². The van der Waals surface area contributed by atoms with E-state index in [0.29, 0.717) is 0 Å². The molecule has 1 saturated carbocycles. The number of fused-ring (bicyclic) bond motifs is 1.